The summed E-state index contributed by atoms with van der Waals surface area (Å²) in [6.07, 6.45) is 6.60. The Kier molecular flexibility index (Phi) is 5.79. The van der Waals surface area contributed by atoms with Gasteiger partial charge >= 0.3 is 0 Å². The molecule has 0 aromatic rings. The predicted molar refractivity (Wildman–Crippen MR) is 74.1 cm³/mol. The van der Waals surface area contributed by atoms with Gasteiger partial charge in [0.15, 0.2) is 0 Å². The van der Waals surface area contributed by atoms with E-state index in [0.717, 1.165) is 18.4 Å². The van der Waals surface area contributed by atoms with Gasteiger partial charge in [-0.2, -0.15) is 0 Å². The van der Waals surface area contributed by atoms with Gasteiger partial charge in [0.05, 0.1) is 0 Å². The Morgan fingerprint density at radius 1 is 1.31 bits per heavy atom. The monoisotopic (exact) mass is 290 g/mol. The topological polar surface area (TPSA) is 9.23 Å². The van der Waals surface area contributed by atoms with Crippen molar-refractivity contribution in [1.29, 1.82) is 0 Å². The summed E-state index contributed by atoms with van der Waals surface area (Å²) < 4.78 is 5.16. The highest BCUT2D eigenvalue weighted by Gasteiger charge is 2.37. The second-order valence-electron chi connectivity index (χ2n) is 6.13. The van der Waals surface area contributed by atoms with Crippen LogP contribution in [0.2, 0.25) is 0 Å². The zero-order valence-corrected chi connectivity index (χ0v) is 12.8. The molecule has 0 aromatic carbocycles. The van der Waals surface area contributed by atoms with Crippen LogP contribution >= 0.6 is 15.9 Å². The normalized spacial score (nSPS) is 31.7. The molecule has 0 aliphatic heterocycles. The molecule has 1 nitrogen and oxygen atoms in total. The Hall–Kier alpha value is 0.440. The van der Waals surface area contributed by atoms with Gasteiger partial charge in [0, 0.05) is 18.5 Å². The van der Waals surface area contributed by atoms with E-state index in [2.05, 4.69) is 36.7 Å². The first-order chi connectivity index (χ1) is 7.47. The molecule has 96 valence electrons. The van der Waals surface area contributed by atoms with Crippen LogP contribution in [0.5, 0.6) is 0 Å². The van der Waals surface area contributed by atoms with E-state index < -0.39 is 0 Å². The van der Waals surface area contributed by atoms with Gasteiger partial charge in [0.1, 0.15) is 0 Å². The fraction of sp³-hybridized carbons (Fsp3) is 1.00. The summed E-state index contributed by atoms with van der Waals surface area (Å²) in [5, 5.41) is 0. The zero-order chi connectivity index (χ0) is 12.2. The summed E-state index contributed by atoms with van der Waals surface area (Å²) in [4.78, 5) is 0.716. The molecule has 0 radical (unpaired) electrons. The molecule has 0 amide bonds. The average molecular weight is 291 g/mol. The first-order valence-electron chi connectivity index (χ1n) is 6.60. The number of rotatable bonds is 5. The van der Waals surface area contributed by atoms with Gasteiger partial charge in [-0.05, 0) is 42.9 Å². The molecule has 3 atom stereocenters. The number of ether oxygens (including phenoxy) is 1. The summed E-state index contributed by atoms with van der Waals surface area (Å²) >= 11 is 3.91. The van der Waals surface area contributed by atoms with Crippen molar-refractivity contribution >= 4 is 15.9 Å². The Morgan fingerprint density at radius 2 is 2.00 bits per heavy atom. The SMILES string of the molecule is COCCCC(C)(C)C1CCC(C)CC1Br. The molecule has 3 unspecified atom stereocenters. The lowest BCUT2D eigenvalue weighted by atomic mass is 9.67. The van der Waals surface area contributed by atoms with E-state index in [4.69, 9.17) is 4.74 Å². The van der Waals surface area contributed by atoms with Gasteiger partial charge in [-0.3, -0.25) is 0 Å². The fourth-order valence-electron chi connectivity index (χ4n) is 3.05. The van der Waals surface area contributed by atoms with Gasteiger partial charge in [0.2, 0.25) is 0 Å². The molecule has 1 fully saturated rings. The van der Waals surface area contributed by atoms with E-state index in [1.165, 1.54) is 32.1 Å². The van der Waals surface area contributed by atoms with Crippen LogP contribution in [-0.2, 0) is 4.74 Å². The van der Waals surface area contributed by atoms with E-state index >= 15 is 0 Å². The summed E-state index contributed by atoms with van der Waals surface area (Å²) in [5.74, 6) is 1.73. The van der Waals surface area contributed by atoms with Crippen LogP contribution in [0.15, 0.2) is 0 Å². The quantitative estimate of drug-likeness (QED) is 0.529. The zero-order valence-electron chi connectivity index (χ0n) is 11.3. The molecule has 0 bridgehead atoms. The maximum Gasteiger partial charge on any atom is 0.0462 e. The fourth-order valence-corrected chi connectivity index (χ4v) is 4.67. The summed E-state index contributed by atoms with van der Waals surface area (Å²) in [6, 6.07) is 0. The van der Waals surface area contributed by atoms with Crippen molar-refractivity contribution < 1.29 is 4.74 Å². The van der Waals surface area contributed by atoms with Crippen molar-refractivity contribution in [2.45, 2.75) is 57.7 Å². The van der Waals surface area contributed by atoms with Gasteiger partial charge < -0.3 is 4.74 Å². The molecule has 1 aliphatic carbocycles. The minimum absolute atomic E-state index is 0.451. The van der Waals surface area contributed by atoms with Crippen LogP contribution in [0.1, 0.15) is 52.9 Å². The van der Waals surface area contributed by atoms with Crippen LogP contribution < -0.4 is 0 Å². The Morgan fingerprint density at radius 3 is 2.56 bits per heavy atom. The average Bonchev–Trinajstić information content (AvgIpc) is 2.17. The molecule has 16 heavy (non-hydrogen) atoms. The highest BCUT2D eigenvalue weighted by molar-refractivity contribution is 9.09. The number of halogens is 1. The number of hydrogen-bond acceptors (Lipinski definition) is 1. The molecule has 0 heterocycles. The number of methoxy groups -OCH3 is 1. The highest BCUT2D eigenvalue weighted by atomic mass is 79.9. The standard InChI is InChI=1S/C14H27BrO/c1-11-6-7-12(13(15)10-11)14(2,3)8-5-9-16-4/h11-13H,5-10H2,1-4H3. The first kappa shape index (κ1) is 14.5. The second-order valence-corrected chi connectivity index (χ2v) is 7.30. The van der Waals surface area contributed by atoms with Gasteiger partial charge in [-0.15, -0.1) is 0 Å². The second kappa shape index (κ2) is 6.39. The minimum Gasteiger partial charge on any atom is -0.385 e. The summed E-state index contributed by atoms with van der Waals surface area (Å²) in [7, 11) is 1.79. The Labute approximate surface area is 109 Å². The van der Waals surface area contributed by atoms with Crippen molar-refractivity contribution in [2.75, 3.05) is 13.7 Å². The van der Waals surface area contributed by atoms with Crippen LogP contribution in [0.4, 0.5) is 0 Å². The maximum absolute atomic E-state index is 5.16. The van der Waals surface area contributed by atoms with Gasteiger partial charge in [0.25, 0.3) is 0 Å². The lowest BCUT2D eigenvalue weighted by Crippen LogP contribution is -2.35. The first-order valence-corrected chi connectivity index (χ1v) is 7.52. The largest absolute Gasteiger partial charge is 0.385 e. The van der Waals surface area contributed by atoms with Gasteiger partial charge in [-0.1, -0.05) is 43.1 Å². The van der Waals surface area contributed by atoms with E-state index in [-0.39, 0.29) is 0 Å². The highest BCUT2D eigenvalue weighted by Crippen LogP contribution is 2.45. The van der Waals surface area contributed by atoms with Crippen LogP contribution in [0, 0.1) is 17.3 Å². The lowest BCUT2D eigenvalue weighted by molar-refractivity contribution is 0.114. The minimum atomic E-state index is 0.451. The lowest BCUT2D eigenvalue weighted by Gasteiger charge is -2.42. The molecule has 0 aromatic heterocycles. The molecule has 1 rings (SSSR count). The van der Waals surface area contributed by atoms with Crippen molar-refractivity contribution in [2.24, 2.45) is 17.3 Å². The molecule has 0 N–H and O–H groups in total. The van der Waals surface area contributed by atoms with Crippen molar-refractivity contribution in [3.63, 3.8) is 0 Å². The third-order valence-corrected chi connectivity index (χ3v) is 5.22. The molecule has 2 heteroatoms. The summed E-state index contributed by atoms with van der Waals surface area (Å²) in [6.45, 7) is 8.14. The van der Waals surface area contributed by atoms with E-state index in [1.54, 1.807) is 7.11 Å². The van der Waals surface area contributed by atoms with Crippen molar-refractivity contribution in [1.82, 2.24) is 0 Å². The molecular weight excluding hydrogens is 264 g/mol. The van der Waals surface area contributed by atoms with E-state index in [9.17, 15) is 0 Å². The third-order valence-electron chi connectivity index (χ3n) is 4.21. The van der Waals surface area contributed by atoms with Crippen molar-refractivity contribution in [3.05, 3.63) is 0 Å². The summed E-state index contributed by atoms with van der Waals surface area (Å²) in [5.41, 5.74) is 0.451. The molecular formula is C14H27BrO. The Bertz CT molecular complexity index is 203. The predicted octanol–water partition coefficient (Wildman–Crippen LogP) is 4.64. The number of alkyl halides is 1. The van der Waals surface area contributed by atoms with Crippen molar-refractivity contribution in [3.8, 4) is 0 Å². The maximum atomic E-state index is 5.16. The van der Waals surface area contributed by atoms with E-state index in [0.29, 0.717) is 10.2 Å². The van der Waals surface area contributed by atoms with Gasteiger partial charge in [-0.25, -0.2) is 0 Å². The molecule has 1 saturated carbocycles. The smallest absolute Gasteiger partial charge is 0.0462 e. The number of hydrogen-bond donors (Lipinski definition) is 0. The van der Waals surface area contributed by atoms with Crippen LogP contribution in [0.25, 0.3) is 0 Å². The molecule has 0 spiro atoms. The molecule has 1 aliphatic rings. The molecule has 0 saturated heterocycles. The van der Waals surface area contributed by atoms with E-state index in [1.807, 2.05) is 0 Å². The van der Waals surface area contributed by atoms with Crippen LogP contribution in [0.3, 0.4) is 0 Å². The Balaban J connectivity index is 2.47. The third kappa shape index (κ3) is 4.03. The van der Waals surface area contributed by atoms with Crippen LogP contribution in [-0.4, -0.2) is 18.5 Å².